The number of rotatable bonds is 3. The highest BCUT2D eigenvalue weighted by Gasteiger charge is 2.31. The summed E-state index contributed by atoms with van der Waals surface area (Å²) in [7, 11) is -3.82. The zero-order chi connectivity index (χ0) is 22.3. The number of carbonyl (C=O) groups excluding carboxylic acids is 1. The van der Waals surface area contributed by atoms with Crippen molar-refractivity contribution in [2.45, 2.75) is 64.3 Å². The van der Waals surface area contributed by atoms with Gasteiger partial charge in [0.25, 0.3) is 15.9 Å². The summed E-state index contributed by atoms with van der Waals surface area (Å²) < 4.78 is 35.2. The SMILES string of the molecule is Cc1cc(C)c(C)c(S(=O)(=O)Nc2ccc3c(c2)C(=O)N2CCCCC2CCO3)c1C. The van der Waals surface area contributed by atoms with Gasteiger partial charge in [0.15, 0.2) is 0 Å². The molecule has 1 amide bonds. The van der Waals surface area contributed by atoms with Crippen LogP contribution in [0.1, 0.15) is 58.3 Å². The first-order valence-corrected chi connectivity index (χ1v) is 12.4. The van der Waals surface area contributed by atoms with Crippen molar-refractivity contribution in [3.63, 3.8) is 0 Å². The molecule has 1 unspecified atom stereocenters. The number of hydrogen-bond acceptors (Lipinski definition) is 4. The van der Waals surface area contributed by atoms with E-state index >= 15 is 0 Å². The number of carbonyl (C=O) groups is 1. The van der Waals surface area contributed by atoms with Gasteiger partial charge in [-0.25, -0.2) is 8.42 Å². The van der Waals surface area contributed by atoms with E-state index in [1.54, 1.807) is 18.2 Å². The van der Waals surface area contributed by atoms with Crippen molar-refractivity contribution in [1.29, 1.82) is 0 Å². The summed E-state index contributed by atoms with van der Waals surface area (Å²) >= 11 is 0. The Hall–Kier alpha value is -2.54. The van der Waals surface area contributed by atoms with E-state index < -0.39 is 10.0 Å². The third-order valence-corrected chi connectivity index (χ3v) is 8.28. The molecule has 1 atom stereocenters. The Balaban J connectivity index is 1.71. The molecule has 0 aliphatic carbocycles. The standard InChI is InChI=1S/C24H30N2O4S/c1-15-13-16(2)18(4)23(17(15)3)31(28,29)25-19-8-9-22-21(14-19)24(27)26-11-6-5-7-20(26)10-12-30-22/h8-9,13-14,20,25H,5-7,10-12H2,1-4H3. The van der Waals surface area contributed by atoms with Crippen LogP contribution in [-0.4, -0.2) is 38.4 Å². The minimum absolute atomic E-state index is 0.0841. The summed E-state index contributed by atoms with van der Waals surface area (Å²) in [4.78, 5) is 15.5. The van der Waals surface area contributed by atoms with E-state index in [9.17, 15) is 13.2 Å². The lowest BCUT2D eigenvalue weighted by atomic mass is 9.97. The summed E-state index contributed by atoms with van der Waals surface area (Å²) in [6.45, 7) is 8.76. The van der Waals surface area contributed by atoms with Crippen molar-refractivity contribution in [1.82, 2.24) is 4.90 Å². The molecule has 6 nitrogen and oxygen atoms in total. The fraction of sp³-hybridized carbons (Fsp3) is 0.458. The topological polar surface area (TPSA) is 75.7 Å². The number of sulfonamides is 1. The van der Waals surface area contributed by atoms with E-state index in [0.29, 0.717) is 28.5 Å². The largest absolute Gasteiger partial charge is 0.493 e. The number of aryl methyl sites for hydroxylation is 2. The zero-order valence-corrected chi connectivity index (χ0v) is 19.4. The molecule has 31 heavy (non-hydrogen) atoms. The monoisotopic (exact) mass is 442 g/mol. The normalized spacial score (nSPS) is 19.0. The van der Waals surface area contributed by atoms with Crippen LogP contribution in [0.4, 0.5) is 5.69 Å². The van der Waals surface area contributed by atoms with Crippen molar-refractivity contribution in [2.75, 3.05) is 17.9 Å². The Morgan fingerprint density at radius 2 is 1.71 bits per heavy atom. The summed E-state index contributed by atoms with van der Waals surface area (Å²) in [5.41, 5.74) is 4.11. The number of ether oxygens (including phenoxy) is 1. The van der Waals surface area contributed by atoms with E-state index in [-0.39, 0.29) is 11.9 Å². The number of amides is 1. The summed E-state index contributed by atoms with van der Waals surface area (Å²) in [5.74, 6) is 0.426. The van der Waals surface area contributed by atoms with Gasteiger partial charge in [0.1, 0.15) is 5.75 Å². The van der Waals surface area contributed by atoms with Gasteiger partial charge in [0.2, 0.25) is 0 Å². The van der Waals surface area contributed by atoms with Crippen LogP contribution < -0.4 is 9.46 Å². The van der Waals surface area contributed by atoms with Crippen LogP contribution >= 0.6 is 0 Å². The molecule has 0 radical (unpaired) electrons. The molecule has 2 aliphatic heterocycles. The fourth-order valence-corrected chi connectivity index (χ4v) is 6.37. The number of nitrogens with one attached hydrogen (secondary N) is 1. The Labute approximate surface area is 184 Å². The lowest BCUT2D eigenvalue weighted by Gasteiger charge is -2.37. The number of benzene rings is 2. The second kappa shape index (κ2) is 8.19. The van der Waals surface area contributed by atoms with Gasteiger partial charge < -0.3 is 9.64 Å². The Kier molecular flexibility index (Phi) is 5.73. The zero-order valence-electron chi connectivity index (χ0n) is 18.6. The van der Waals surface area contributed by atoms with Crippen LogP contribution in [0.3, 0.4) is 0 Å². The molecule has 1 fully saturated rings. The van der Waals surface area contributed by atoms with Crippen LogP contribution in [0.5, 0.6) is 5.75 Å². The van der Waals surface area contributed by atoms with Gasteiger partial charge in [-0.3, -0.25) is 9.52 Å². The van der Waals surface area contributed by atoms with Gasteiger partial charge >= 0.3 is 0 Å². The molecule has 2 aromatic rings. The van der Waals surface area contributed by atoms with Crippen molar-refractivity contribution < 1.29 is 17.9 Å². The first kappa shape index (κ1) is 21.7. The van der Waals surface area contributed by atoms with Crippen LogP contribution in [0, 0.1) is 27.7 Å². The van der Waals surface area contributed by atoms with Crippen LogP contribution in [0.15, 0.2) is 29.2 Å². The predicted octanol–water partition coefficient (Wildman–Crippen LogP) is 4.50. The molecule has 166 valence electrons. The number of nitrogens with zero attached hydrogens (tertiary/aromatic N) is 1. The molecule has 1 N–H and O–H groups in total. The highest BCUT2D eigenvalue weighted by molar-refractivity contribution is 7.92. The maximum absolute atomic E-state index is 13.3. The molecule has 7 heteroatoms. The van der Waals surface area contributed by atoms with Gasteiger partial charge in [0.05, 0.1) is 17.1 Å². The van der Waals surface area contributed by atoms with E-state index in [2.05, 4.69) is 4.72 Å². The second-order valence-electron chi connectivity index (χ2n) is 8.69. The quantitative estimate of drug-likeness (QED) is 0.759. The predicted molar refractivity (Wildman–Crippen MR) is 121 cm³/mol. The summed E-state index contributed by atoms with van der Waals surface area (Å²) in [6.07, 6.45) is 3.93. The second-order valence-corrected chi connectivity index (χ2v) is 10.3. The molecule has 2 aliphatic rings. The average Bonchev–Trinajstić information content (AvgIpc) is 2.72. The van der Waals surface area contributed by atoms with Crippen molar-refractivity contribution in [3.8, 4) is 5.75 Å². The maximum Gasteiger partial charge on any atom is 0.262 e. The molecule has 0 saturated carbocycles. The van der Waals surface area contributed by atoms with Gasteiger partial charge in [-0.2, -0.15) is 0 Å². The maximum atomic E-state index is 13.3. The average molecular weight is 443 g/mol. The van der Waals surface area contributed by atoms with Crippen LogP contribution in [0.25, 0.3) is 0 Å². The molecule has 1 saturated heterocycles. The van der Waals surface area contributed by atoms with Gasteiger partial charge in [-0.1, -0.05) is 6.07 Å². The van der Waals surface area contributed by atoms with E-state index in [1.807, 2.05) is 38.7 Å². The third kappa shape index (κ3) is 4.03. The van der Waals surface area contributed by atoms with Crippen LogP contribution in [-0.2, 0) is 10.0 Å². The van der Waals surface area contributed by atoms with E-state index in [4.69, 9.17) is 4.74 Å². The molecule has 2 heterocycles. The number of piperidine rings is 1. The fourth-order valence-electron chi connectivity index (χ4n) is 4.70. The molecular weight excluding hydrogens is 412 g/mol. The minimum atomic E-state index is -3.82. The number of anilines is 1. The van der Waals surface area contributed by atoms with E-state index in [0.717, 1.165) is 54.5 Å². The molecule has 0 aromatic heterocycles. The third-order valence-electron chi connectivity index (χ3n) is 6.62. The highest BCUT2D eigenvalue weighted by atomic mass is 32.2. The molecule has 2 aromatic carbocycles. The Morgan fingerprint density at radius 3 is 2.42 bits per heavy atom. The Bertz CT molecular complexity index is 1110. The lowest BCUT2D eigenvalue weighted by Crippen LogP contribution is -2.45. The van der Waals surface area contributed by atoms with Crippen molar-refractivity contribution in [3.05, 3.63) is 52.1 Å². The summed E-state index contributed by atoms with van der Waals surface area (Å²) in [5, 5.41) is 0. The van der Waals surface area contributed by atoms with Gasteiger partial charge in [-0.05, 0) is 87.4 Å². The molecule has 0 spiro atoms. The molecule has 4 rings (SSSR count). The van der Waals surface area contributed by atoms with E-state index in [1.165, 1.54) is 0 Å². The van der Waals surface area contributed by atoms with Crippen LogP contribution in [0.2, 0.25) is 0 Å². The Morgan fingerprint density at radius 1 is 1.00 bits per heavy atom. The molecule has 0 bridgehead atoms. The van der Waals surface area contributed by atoms with Gasteiger partial charge in [0, 0.05) is 24.7 Å². The van der Waals surface area contributed by atoms with Crippen molar-refractivity contribution in [2.24, 2.45) is 0 Å². The summed E-state index contributed by atoms with van der Waals surface area (Å²) in [6, 6.07) is 7.15. The minimum Gasteiger partial charge on any atom is -0.493 e. The molecular formula is C24H30N2O4S. The number of hydrogen-bond donors (Lipinski definition) is 1. The lowest BCUT2D eigenvalue weighted by molar-refractivity contribution is 0.0548. The highest BCUT2D eigenvalue weighted by Crippen LogP contribution is 2.33. The van der Waals surface area contributed by atoms with Crippen molar-refractivity contribution >= 4 is 21.6 Å². The first-order chi connectivity index (χ1) is 14.7. The first-order valence-electron chi connectivity index (χ1n) is 10.9. The smallest absolute Gasteiger partial charge is 0.262 e. The number of fused-ring (bicyclic) bond motifs is 2. The van der Waals surface area contributed by atoms with Gasteiger partial charge in [-0.15, -0.1) is 0 Å².